The van der Waals surface area contributed by atoms with Crippen molar-refractivity contribution in [1.82, 2.24) is 9.80 Å². The Morgan fingerprint density at radius 2 is 1.66 bits per heavy atom. The van der Waals surface area contributed by atoms with Gasteiger partial charge in [-0.25, -0.2) is 0 Å². The van der Waals surface area contributed by atoms with Crippen LogP contribution in [0.15, 0.2) is 30.3 Å². The van der Waals surface area contributed by atoms with Gasteiger partial charge in [-0.2, -0.15) is 0 Å². The minimum absolute atomic E-state index is 0.0162. The molecule has 10 nitrogen and oxygen atoms in total. The molecule has 3 atom stereocenters. The molecule has 0 aliphatic carbocycles. The number of aliphatic carboxylic acids is 1. The summed E-state index contributed by atoms with van der Waals surface area (Å²) in [6.45, 7) is 7.09. The number of amides is 1. The van der Waals surface area contributed by atoms with E-state index in [-0.39, 0.29) is 19.2 Å². The lowest BCUT2D eigenvalue weighted by Crippen LogP contribution is -2.42. The van der Waals surface area contributed by atoms with Crippen molar-refractivity contribution < 1.29 is 38.4 Å². The topological polar surface area (TPSA) is 107 Å². The largest absolute Gasteiger partial charge is 0.493 e. The standard InChI is InChI=1S/C31H40N2O8/c1-4-6-10-32(11-7-5-2)27(34)18-33-17-22(21-15-25(37-3)30-26(16-21)40-19-41-30)28(31(35)36)29(33)20-8-9-23-24(14-20)39-13-12-38-23/h8-9,14-16,22,28-29H,4-7,10-13,17-19H2,1-3H3,(H,35,36)/t22-,28+,29-/m1/s1. The van der Waals surface area contributed by atoms with Gasteiger partial charge >= 0.3 is 5.97 Å². The van der Waals surface area contributed by atoms with E-state index in [1.165, 1.54) is 0 Å². The highest BCUT2D eigenvalue weighted by molar-refractivity contribution is 5.79. The third-order valence-electron chi connectivity index (χ3n) is 8.15. The summed E-state index contributed by atoms with van der Waals surface area (Å²) in [4.78, 5) is 30.7. The average molecular weight is 569 g/mol. The summed E-state index contributed by atoms with van der Waals surface area (Å²) < 4.78 is 28.3. The second-order valence-corrected chi connectivity index (χ2v) is 10.8. The number of carbonyl (C=O) groups is 2. The zero-order valence-corrected chi connectivity index (χ0v) is 24.1. The van der Waals surface area contributed by atoms with E-state index in [1.54, 1.807) is 7.11 Å². The summed E-state index contributed by atoms with van der Waals surface area (Å²) >= 11 is 0. The van der Waals surface area contributed by atoms with Crippen molar-refractivity contribution in [3.63, 3.8) is 0 Å². The van der Waals surface area contributed by atoms with Crippen molar-refractivity contribution in [2.24, 2.45) is 5.92 Å². The number of fused-ring (bicyclic) bond motifs is 2. The second kappa shape index (κ2) is 12.9. The molecule has 0 aromatic heterocycles. The van der Waals surface area contributed by atoms with E-state index < -0.39 is 23.8 Å². The Kier molecular flexibility index (Phi) is 9.07. The Hall–Kier alpha value is -3.66. The number of ether oxygens (including phenoxy) is 5. The minimum atomic E-state index is -0.935. The number of rotatable bonds is 12. The number of benzene rings is 2. The molecule has 1 amide bonds. The molecular weight excluding hydrogens is 528 g/mol. The van der Waals surface area contributed by atoms with Gasteiger partial charge in [0.2, 0.25) is 18.4 Å². The first-order chi connectivity index (χ1) is 19.9. The maximum absolute atomic E-state index is 13.7. The molecule has 3 heterocycles. The molecule has 1 fully saturated rings. The molecule has 3 aliphatic rings. The number of carbonyl (C=O) groups excluding carboxylic acids is 1. The van der Waals surface area contributed by atoms with E-state index in [9.17, 15) is 14.7 Å². The fraction of sp³-hybridized carbons (Fsp3) is 0.548. The molecule has 1 saturated heterocycles. The van der Waals surface area contributed by atoms with Gasteiger partial charge in [0.15, 0.2) is 23.0 Å². The van der Waals surface area contributed by atoms with Crippen LogP contribution < -0.4 is 23.7 Å². The van der Waals surface area contributed by atoms with Crippen LogP contribution in [0.25, 0.3) is 0 Å². The van der Waals surface area contributed by atoms with Crippen LogP contribution in [0.1, 0.15) is 62.6 Å². The molecule has 41 heavy (non-hydrogen) atoms. The van der Waals surface area contributed by atoms with E-state index in [4.69, 9.17) is 23.7 Å². The third kappa shape index (κ3) is 6.02. The number of likely N-dealkylation sites (tertiary alicyclic amines) is 1. The van der Waals surface area contributed by atoms with E-state index >= 15 is 0 Å². The first-order valence-electron chi connectivity index (χ1n) is 14.6. The van der Waals surface area contributed by atoms with E-state index in [0.717, 1.165) is 36.8 Å². The number of methoxy groups -OCH3 is 1. The van der Waals surface area contributed by atoms with Gasteiger partial charge in [-0.05, 0) is 48.2 Å². The van der Waals surface area contributed by atoms with Crippen LogP contribution in [0.2, 0.25) is 0 Å². The summed E-state index contributed by atoms with van der Waals surface area (Å²) in [6, 6.07) is 8.69. The lowest BCUT2D eigenvalue weighted by Gasteiger charge is -2.30. The van der Waals surface area contributed by atoms with Gasteiger partial charge in [0.05, 0.1) is 19.6 Å². The summed E-state index contributed by atoms with van der Waals surface area (Å²) in [6.07, 6.45) is 3.85. The van der Waals surface area contributed by atoms with E-state index in [2.05, 4.69) is 13.8 Å². The second-order valence-electron chi connectivity index (χ2n) is 10.8. The first-order valence-corrected chi connectivity index (χ1v) is 14.6. The number of unbranched alkanes of at least 4 members (excludes halogenated alkanes) is 2. The summed E-state index contributed by atoms with van der Waals surface area (Å²) in [5, 5.41) is 10.7. The maximum atomic E-state index is 13.7. The van der Waals surface area contributed by atoms with Crippen LogP contribution in [0.3, 0.4) is 0 Å². The average Bonchev–Trinajstić information content (AvgIpc) is 3.61. The van der Waals surface area contributed by atoms with Gasteiger partial charge in [0.25, 0.3) is 0 Å². The lowest BCUT2D eigenvalue weighted by molar-refractivity contribution is -0.144. The third-order valence-corrected chi connectivity index (χ3v) is 8.15. The molecule has 0 radical (unpaired) electrons. The van der Waals surface area contributed by atoms with Crippen molar-refractivity contribution in [3.8, 4) is 28.7 Å². The molecular formula is C31H40N2O8. The zero-order chi connectivity index (χ0) is 28.9. The monoisotopic (exact) mass is 568 g/mol. The number of nitrogens with zero attached hydrogens (tertiary/aromatic N) is 2. The fourth-order valence-corrected chi connectivity index (χ4v) is 6.07. The molecule has 10 heteroatoms. The molecule has 2 aromatic carbocycles. The van der Waals surface area contributed by atoms with Gasteiger partial charge < -0.3 is 33.7 Å². The lowest BCUT2D eigenvalue weighted by atomic mass is 9.82. The van der Waals surface area contributed by atoms with Gasteiger partial charge in [-0.1, -0.05) is 32.8 Å². The number of hydrogen-bond acceptors (Lipinski definition) is 8. The van der Waals surface area contributed by atoms with Crippen LogP contribution >= 0.6 is 0 Å². The molecule has 3 aliphatic heterocycles. The molecule has 0 saturated carbocycles. The summed E-state index contributed by atoms with van der Waals surface area (Å²) in [5.74, 6) is 0.572. The highest BCUT2D eigenvalue weighted by Crippen LogP contribution is 2.51. The fourth-order valence-electron chi connectivity index (χ4n) is 6.07. The Bertz CT molecular complexity index is 1240. The van der Waals surface area contributed by atoms with E-state index in [1.807, 2.05) is 40.1 Å². The van der Waals surface area contributed by atoms with Crippen molar-refractivity contribution in [3.05, 3.63) is 41.5 Å². The van der Waals surface area contributed by atoms with Crippen LogP contribution in [0.4, 0.5) is 0 Å². The van der Waals surface area contributed by atoms with Crippen LogP contribution in [-0.4, -0.2) is 80.1 Å². The predicted molar refractivity (Wildman–Crippen MR) is 151 cm³/mol. The summed E-state index contributed by atoms with van der Waals surface area (Å²) in [7, 11) is 1.55. The molecule has 222 valence electrons. The number of carboxylic acids is 1. The number of hydrogen-bond donors (Lipinski definition) is 1. The van der Waals surface area contributed by atoms with Crippen molar-refractivity contribution in [2.45, 2.75) is 51.5 Å². The summed E-state index contributed by atoms with van der Waals surface area (Å²) in [5.41, 5.74) is 1.54. The van der Waals surface area contributed by atoms with Crippen LogP contribution in [0.5, 0.6) is 28.7 Å². The Balaban J connectivity index is 1.53. The molecule has 0 bridgehead atoms. The quantitative estimate of drug-likeness (QED) is 0.397. The molecule has 1 N–H and O–H groups in total. The van der Waals surface area contributed by atoms with Crippen molar-refractivity contribution >= 4 is 11.9 Å². The Morgan fingerprint density at radius 1 is 0.951 bits per heavy atom. The molecule has 5 rings (SSSR count). The number of carboxylic acid groups (broad SMARTS) is 1. The smallest absolute Gasteiger partial charge is 0.309 e. The first kappa shape index (κ1) is 28.9. The Morgan fingerprint density at radius 3 is 2.34 bits per heavy atom. The normalized spacial score (nSPS) is 21.1. The highest BCUT2D eigenvalue weighted by atomic mass is 16.7. The van der Waals surface area contributed by atoms with Crippen molar-refractivity contribution in [2.75, 3.05) is 53.3 Å². The highest BCUT2D eigenvalue weighted by Gasteiger charge is 2.49. The minimum Gasteiger partial charge on any atom is -0.493 e. The van der Waals surface area contributed by atoms with Crippen LogP contribution in [-0.2, 0) is 9.59 Å². The van der Waals surface area contributed by atoms with Gasteiger partial charge in [-0.3, -0.25) is 14.5 Å². The Labute approximate surface area is 241 Å². The SMILES string of the molecule is CCCCN(CCCC)C(=O)CN1C[C@H](c2cc(OC)c3c(c2)OCO3)[C@H](C(=O)O)[C@H]1c1ccc2c(c1)OCCO2. The maximum Gasteiger partial charge on any atom is 0.309 e. The van der Waals surface area contributed by atoms with Crippen LogP contribution in [0, 0.1) is 5.92 Å². The predicted octanol–water partition coefficient (Wildman–Crippen LogP) is 4.47. The molecule has 0 unspecified atom stereocenters. The van der Waals surface area contributed by atoms with E-state index in [0.29, 0.717) is 61.6 Å². The van der Waals surface area contributed by atoms with Crippen molar-refractivity contribution in [1.29, 1.82) is 0 Å². The zero-order valence-electron chi connectivity index (χ0n) is 24.1. The van der Waals surface area contributed by atoms with Gasteiger partial charge in [0.1, 0.15) is 13.2 Å². The van der Waals surface area contributed by atoms with Gasteiger partial charge in [0, 0.05) is 31.6 Å². The molecule has 0 spiro atoms. The van der Waals surface area contributed by atoms with Gasteiger partial charge in [-0.15, -0.1) is 0 Å². The molecule has 2 aromatic rings.